The quantitative estimate of drug-likeness (QED) is 0.445. The smallest absolute Gasteiger partial charge is 0.399 e. The summed E-state index contributed by atoms with van der Waals surface area (Å²) in [4.78, 5) is 0. The Bertz CT molecular complexity index is 557. The largest absolute Gasteiger partial charge is 0.494 e. The van der Waals surface area contributed by atoms with Gasteiger partial charge in [0, 0.05) is 9.99 Å². The molecule has 20 heavy (non-hydrogen) atoms. The highest BCUT2D eigenvalue weighted by Crippen LogP contribution is 2.36. The second-order valence-electron chi connectivity index (χ2n) is 6.26. The fraction of sp³-hybridized carbons (Fsp3) is 0.500. The molecule has 0 unspecified atom stereocenters. The van der Waals surface area contributed by atoms with Crippen molar-refractivity contribution in [2.75, 3.05) is 0 Å². The first-order valence-electron chi connectivity index (χ1n) is 6.76. The monoisotopic (exact) mass is 382 g/mol. The van der Waals surface area contributed by atoms with E-state index in [9.17, 15) is 0 Å². The van der Waals surface area contributed by atoms with Crippen LogP contribution in [-0.4, -0.2) is 18.3 Å². The summed E-state index contributed by atoms with van der Waals surface area (Å²) in [5.74, 6) is 2.72. The van der Waals surface area contributed by atoms with Gasteiger partial charge >= 0.3 is 7.12 Å². The van der Waals surface area contributed by atoms with E-state index in [1.54, 1.807) is 0 Å². The van der Waals surface area contributed by atoms with Gasteiger partial charge in [0.1, 0.15) is 0 Å². The molecule has 0 N–H and O–H groups in total. The van der Waals surface area contributed by atoms with Crippen LogP contribution in [0.15, 0.2) is 12.1 Å². The fourth-order valence-corrected chi connectivity index (χ4v) is 2.87. The maximum Gasteiger partial charge on any atom is 0.494 e. The molecule has 0 radical (unpaired) electrons. The van der Waals surface area contributed by atoms with Gasteiger partial charge in [-0.15, -0.1) is 12.3 Å². The van der Waals surface area contributed by atoms with Gasteiger partial charge in [0.05, 0.1) is 11.2 Å². The molecule has 1 aromatic carbocycles. The summed E-state index contributed by atoms with van der Waals surface area (Å²) in [6.07, 6.45) is 6.09. The van der Waals surface area contributed by atoms with Crippen molar-refractivity contribution in [3.05, 3.63) is 26.8 Å². The zero-order valence-corrected chi connectivity index (χ0v) is 14.9. The van der Waals surface area contributed by atoms with Crippen molar-refractivity contribution < 1.29 is 9.31 Å². The lowest BCUT2D eigenvalue weighted by Crippen LogP contribution is -2.41. The third kappa shape index (κ3) is 2.76. The van der Waals surface area contributed by atoms with Gasteiger partial charge in [-0.3, -0.25) is 0 Å². The molecule has 0 aliphatic carbocycles. The summed E-state index contributed by atoms with van der Waals surface area (Å²) in [6, 6.07) is 4.23. The Morgan fingerprint density at radius 1 is 1.20 bits per heavy atom. The number of halogens is 1. The minimum absolute atomic E-state index is 0.319. The number of benzene rings is 1. The molecule has 0 spiro atoms. The summed E-state index contributed by atoms with van der Waals surface area (Å²) in [5.41, 5.74) is 2.82. The first-order valence-corrected chi connectivity index (χ1v) is 7.84. The van der Waals surface area contributed by atoms with E-state index in [0.717, 1.165) is 5.46 Å². The molecule has 1 aromatic rings. The maximum absolute atomic E-state index is 6.10. The first kappa shape index (κ1) is 15.9. The van der Waals surface area contributed by atoms with Gasteiger partial charge < -0.3 is 9.31 Å². The summed E-state index contributed by atoms with van der Waals surface area (Å²) >= 11 is 2.34. The number of rotatable bonds is 2. The molecule has 4 heteroatoms. The minimum atomic E-state index is -0.328. The van der Waals surface area contributed by atoms with Crippen LogP contribution in [0.2, 0.25) is 0 Å². The zero-order chi connectivity index (χ0) is 15.1. The molecule has 106 valence electrons. The average Bonchev–Trinajstić information content (AvgIpc) is 2.54. The van der Waals surface area contributed by atoms with Gasteiger partial charge in [0.25, 0.3) is 0 Å². The second-order valence-corrected chi connectivity index (χ2v) is 7.42. The van der Waals surface area contributed by atoms with Crippen molar-refractivity contribution in [1.82, 2.24) is 0 Å². The highest BCUT2D eigenvalue weighted by atomic mass is 127. The van der Waals surface area contributed by atoms with Crippen molar-refractivity contribution in [3.8, 4) is 12.3 Å². The minimum Gasteiger partial charge on any atom is -0.399 e. The van der Waals surface area contributed by atoms with Gasteiger partial charge in [-0.05, 0) is 79.9 Å². The van der Waals surface area contributed by atoms with E-state index in [4.69, 9.17) is 15.7 Å². The van der Waals surface area contributed by atoms with Gasteiger partial charge in [-0.2, -0.15) is 0 Å². The summed E-state index contributed by atoms with van der Waals surface area (Å²) in [7, 11) is -0.328. The fourth-order valence-electron chi connectivity index (χ4n) is 2.17. The van der Waals surface area contributed by atoms with E-state index in [1.165, 1.54) is 14.7 Å². The third-order valence-corrected chi connectivity index (χ3v) is 5.41. The molecule has 1 aliphatic rings. The van der Waals surface area contributed by atoms with E-state index >= 15 is 0 Å². The normalized spacial score (nSPS) is 19.9. The first-order chi connectivity index (χ1) is 9.18. The van der Waals surface area contributed by atoms with Crippen LogP contribution in [0.25, 0.3) is 0 Å². The van der Waals surface area contributed by atoms with Crippen LogP contribution < -0.4 is 5.46 Å². The summed E-state index contributed by atoms with van der Waals surface area (Å²) in [5, 5.41) is 0. The Balaban J connectivity index is 2.39. The van der Waals surface area contributed by atoms with Crippen LogP contribution >= 0.6 is 22.6 Å². The SMILES string of the molecule is C#CCc1cc(B2OC(C)(C)C(C)(C)O2)cc(I)c1C. The van der Waals surface area contributed by atoms with Crippen LogP contribution in [0.4, 0.5) is 0 Å². The van der Waals surface area contributed by atoms with E-state index in [0.29, 0.717) is 6.42 Å². The topological polar surface area (TPSA) is 18.5 Å². The lowest BCUT2D eigenvalue weighted by molar-refractivity contribution is 0.00578. The van der Waals surface area contributed by atoms with E-state index < -0.39 is 0 Å². The standard InChI is InChI=1S/C16H20BIO2/c1-7-8-12-9-13(10-14(18)11(12)2)17-19-15(3,4)16(5,6)20-17/h1,9-10H,8H2,2-6H3. The molecule has 1 fully saturated rings. The van der Waals surface area contributed by atoms with Crippen LogP contribution in [0, 0.1) is 22.8 Å². The molecule has 2 rings (SSSR count). The Hall–Kier alpha value is -0.505. The van der Waals surface area contributed by atoms with Gasteiger partial charge in [-0.1, -0.05) is 6.07 Å². The van der Waals surface area contributed by atoms with Crippen LogP contribution in [0.5, 0.6) is 0 Å². The zero-order valence-electron chi connectivity index (χ0n) is 12.7. The maximum atomic E-state index is 6.10. The van der Waals surface area contributed by atoms with Crippen molar-refractivity contribution in [2.24, 2.45) is 0 Å². The molecule has 1 aliphatic heterocycles. The van der Waals surface area contributed by atoms with Crippen molar-refractivity contribution in [1.29, 1.82) is 0 Å². The number of hydrogen-bond acceptors (Lipinski definition) is 2. The summed E-state index contributed by atoms with van der Waals surface area (Å²) < 4.78 is 13.4. The van der Waals surface area contributed by atoms with Crippen molar-refractivity contribution >= 4 is 35.2 Å². The molecular weight excluding hydrogens is 362 g/mol. The Kier molecular flexibility index (Phi) is 4.26. The lowest BCUT2D eigenvalue weighted by atomic mass is 9.77. The number of terminal acetylenes is 1. The summed E-state index contributed by atoms with van der Waals surface area (Å²) in [6.45, 7) is 10.4. The molecule has 0 bridgehead atoms. The predicted octanol–water partition coefficient (Wildman–Crippen LogP) is 3.07. The van der Waals surface area contributed by atoms with Gasteiger partial charge in [-0.25, -0.2) is 0 Å². The molecule has 1 heterocycles. The molecule has 0 amide bonds. The van der Waals surface area contributed by atoms with E-state index in [2.05, 4.69) is 75.3 Å². The molecule has 1 saturated heterocycles. The molecule has 0 aromatic heterocycles. The molecule has 2 nitrogen and oxygen atoms in total. The Morgan fingerprint density at radius 2 is 1.75 bits per heavy atom. The number of hydrogen-bond donors (Lipinski definition) is 0. The molecular formula is C16H20BIO2. The van der Waals surface area contributed by atoms with E-state index in [1.807, 2.05) is 0 Å². The van der Waals surface area contributed by atoms with Gasteiger partial charge in [0.15, 0.2) is 0 Å². The van der Waals surface area contributed by atoms with E-state index in [-0.39, 0.29) is 18.3 Å². The predicted molar refractivity (Wildman–Crippen MR) is 92.1 cm³/mol. The van der Waals surface area contributed by atoms with Crippen molar-refractivity contribution in [2.45, 2.75) is 52.2 Å². The van der Waals surface area contributed by atoms with Crippen LogP contribution in [-0.2, 0) is 15.7 Å². The van der Waals surface area contributed by atoms with Crippen LogP contribution in [0.1, 0.15) is 38.8 Å². The molecule has 0 atom stereocenters. The Labute approximate surface area is 135 Å². The third-order valence-electron chi connectivity index (χ3n) is 4.29. The van der Waals surface area contributed by atoms with Crippen molar-refractivity contribution in [3.63, 3.8) is 0 Å². The highest BCUT2D eigenvalue weighted by Gasteiger charge is 2.51. The lowest BCUT2D eigenvalue weighted by Gasteiger charge is -2.32. The Morgan fingerprint density at radius 3 is 2.25 bits per heavy atom. The van der Waals surface area contributed by atoms with Crippen LogP contribution in [0.3, 0.4) is 0 Å². The molecule has 0 saturated carbocycles. The average molecular weight is 382 g/mol. The highest BCUT2D eigenvalue weighted by molar-refractivity contribution is 14.1. The van der Waals surface area contributed by atoms with Gasteiger partial charge in [0.2, 0.25) is 0 Å². The second kappa shape index (κ2) is 5.36.